The Balaban J connectivity index is 2.43. The summed E-state index contributed by atoms with van der Waals surface area (Å²) in [5.74, 6) is 0.226. The molecule has 1 aliphatic rings. The lowest BCUT2D eigenvalue weighted by Gasteiger charge is -2.37. The van der Waals surface area contributed by atoms with Crippen LogP contribution in [0.5, 0.6) is 0 Å². The second-order valence-electron chi connectivity index (χ2n) is 2.99. The normalized spacial score (nSPS) is 33.3. The first-order valence-corrected chi connectivity index (χ1v) is 3.47. The zero-order valence-electron chi connectivity index (χ0n) is 6.03. The quantitative estimate of drug-likeness (QED) is 0.549. The molecule has 0 aromatic carbocycles. The molecule has 0 aliphatic carbocycles. The maximum absolute atomic E-state index is 10.8. The van der Waals surface area contributed by atoms with Gasteiger partial charge in [-0.15, -0.1) is 0 Å². The lowest BCUT2D eigenvalue weighted by Crippen LogP contribution is -2.57. The van der Waals surface area contributed by atoms with Crippen LogP contribution in [0.25, 0.3) is 0 Å². The molecule has 9 heavy (non-hydrogen) atoms. The average molecular weight is 127 g/mol. The summed E-state index contributed by atoms with van der Waals surface area (Å²) in [5, 5.41) is 2.74. The number of hydrogen-bond donors (Lipinski definition) is 1. The Morgan fingerprint density at radius 3 is 2.56 bits per heavy atom. The SMILES string of the molecule is CCCC1(C)CNC1=O. The number of hydrogen-bond acceptors (Lipinski definition) is 1. The topological polar surface area (TPSA) is 29.1 Å². The summed E-state index contributed by atoms with van der Waals surface area (Å²) in [7, 11) is 0. The van der Waals surface area contributed by atoms with Crippen LogP contribution >= 0.6 is 0 Å². The van der Waals surface area contributed by atoms with E-state index in [1.165, 1.54) is 0 Å². The summed E-state index contributed by atoms with van der Waals surface area (Å²) in [6, 6.07) is 0. The van der Waals surface area contributed by atoms with Crippen molar-refractivity contribution in [1.82, 2.24) is 5.32 Å². The Morgan fingerprint density at radius 2 is 2.44 bits per heavy atom. The van der Waals surface area contributed by atoms with E-state index in [1.807, 2.05) is 6.92 Å². The highest BCUT2D eigenvalue weighted by atomic mass is 16.2. The first-order chi connectivity index (χ1) is 4.19. The molecule has 1 heterocycles. The largest absolute Gasteiger partial charge is 0.355 e. The molecule has 0 saturated carbocycles. The Morgan fingerprint density at radius 1 is 1.78 bits per heavy atom. The lowest BCUT2D eigenvalue weighted by molar-refractivity contribution is -0.139. The Kier molecular flexibility index (Phi) is 1.47. The van der Waals surface area contributed by atoms with Gasteiger partial charge in [-0.1, -0.05) is 13.3 Å². The first kappa shape index (κ1) is 6.59. The summed E-state index contributed by atoms with van der Waals surface area (Å²) in [4.78, 5) is 10.8. The fraction of sp³-hybridized carbons (Fsp3) is 0.857. The molecule has 0 radical (unpaired) electrons. The minimum absolute atomic E-state index is 0.0191. The van der Waals surface area contributed by atoms with Gasteiger partial charge >= 0.3 is 0 Å². The summed E-state index contributed by atoms with van der Waals surface area (Å²) in [5.41, 5.74) is -0.0191. The Bertz CT molecular complexity index is 133. The molecule has 2 nitrogen and oxygen atoms in total. The van der Waals surface area contributed by atoms with Crippen LogP contribution in [-0.4, -0.2) is 12.5 Å². The molecule has 1 N–H and O–H groups in total. The summed E-state index contributed by atoms with van der Waals surface area (Å²) in [6.07, 6.45) is 2.13. The molecule has 2 heteroatoms. The van der Waals surface area contributed by atoms with Crippen LogP contribution in [0.15, 0.2) is 0 Å². The zero-order valence-corrected chi connectivity index (χ0v) is 6.03. The second-order valence-corrected chi connectivity index (χ2v) is 2.99. The van der Waals surface area contributed by atoms with Gasteiger partial charge in [0.25, 0.3) is 0 Å². The van der Waals surface area contributed by atoms with Crippen LogP contribution in [0.1, 0.15) is 26.7 Å². The van der Waals surface area contributed by atoms with Gasteiger partial charge in [-0.3, -0.25) is 4.79 Å². The van der Waals surface area contributed by atoms with Gasteiger partial charge in [0, 0.05) is 6.54 Å². The predicted molar refractivity (Wildman–Crippen MR) is 36.0 cm³/mol. The Labute approximate surface area is 55.6 Å². The molecular formula is C7H13NO. The zero-order chi connectivity index (χ0) is 6.91. The van der Waals surface area contributed by atoms with E-state index < -0.39 is 0 Å². The smallest absolute Gasteiger partial charge is 0.227 e. The molecule has 0 bridgehead atoms. The van der Waals surface area contributed by atoms with Crippen molar-refractivity contribution in [3.8, 4) is 0 Å². The molecule has 1 unspecified atom stereocenters. The van der Waals surface area contributed by atoms with E-state index in [4.69, 9.17) is 0 Å². The maximum Gasteiger partial charge on any atom is 0.227 e. The van der Waals surface area contributed by atoms with Gasteiger partial charge in [-0.05, 0) is 13.3 Å². The van der Waals surface area contributed by atoms with Gasteiger partial charge in [0.15, 0.2) is 0 Å². The number of β-lactam (4-membered cyclic amide) rings is 1. The van der Waals surface area contributed by atoms with Crippen molar-refractivity contribution in [1.29, 1.82) is 0 Å². The van der Waals surface area contributed by atoms with Crippen molar-refractivity contribution < 1.29 is 4.79 Å². The lowest BCUT2D eigenvalue weighted by atomic mass is 9.79. The van der Waals surface area contributed by atoms with E-state index in [-0.39, 0.29) is 11.3 Å². The molecule has 1 rings (SSSR count). The first-order valence-electron chi connectivity index (χ1n) is 3.47. The van der Waals surface area contributed by atoms with E-state index in [9.17, 15) is 4.79 Å². The molecule has 1 saturated heterocycles. The number of nitrogens with one attached hydrogen (secondary N) is 1. The summed E-state index contributed by atoms with van der Waals surface area (Å²) >= 11 is 0. The van der Waals surface area contributed by atoms with E-state index >= 15 is 0 Å². The molecule has 1 amide bonds. The van der Waals surface area contributed by atoms with Crippen molar-refractivity contribution in [3.63, 3.8) is 0 Å². The van der Waals surface area contributed by atoms with Gasteiger partial charge in [0.05, 0.1) is 5.41 Å². The minimum atomic E-state index is -0.0191. The van der Waals surface area contributed by atoms with Gasteiger partial charge in [-0.2, -0.15) is 0 Å². The van der Waals surface area contributed by atoms with E-state index in [0.717, 1.165) is 19.4 Å². The monoisotopic (exact) mass is 127 g/mol. The van der Waals surface area contributed by atoms with Crippen LogP contribution in [-0.2, 0) is 4.79 Å². The van der Waals surface area contributed by atoms with E-state index in [2.05, 4.69) is 12.2 Å². The molecule has 0 spiro atoms. The summed E-state index contributed by atoms with van der Waals surface area (Å²) in [6.45, 7) is 5.01. The van der Waals surface area contributed by atoms with Crippen molar-refractivity contribution in [2.24, 2.45) is 5.41 Å². The number of amides is 1. The number of carbonyl (C=O) groups excluding carboxylic acids is 1. The average Bonchev–Trinajstić information content (AvgIpc) is 1.86. The third kappa shape index (κ3) is 0.934. The van der Waals surface area contributed by atoms with E-state index in [1.54, 1.807) is 0 Å². The fourth-order valence-electron chi connectivity index (χ4n) is 1.22. The number of carbonyl (C=O) groups is 1. The van der Waals surface area contributed by atoms with Gasteiger partial charge in [0.1, 0.15) is 0 Å². The van der Waals surface area contributed by atoms with Crippen molar-refractivity contribution in [2.45, 2.75) is 26.7 Å². The van der Waals surface area contributed by atoms with Crippen LogP contribution < -0.4 is 5.32 Å². The second kappa shape index (κ2) is 2.01. The highest BCUT2D eigenvalue weighted by Gasteiger charge is 2.40. The molecular weight excluding hydrogens is 114 g/mol. The molecule has 52 valence electrons. The van der Waals surface area contributed by atoms with E-state index in [0.29, 0.717) is 0 Å². The van der Waals surface area contributed by atoms with Gasteiger partial charge in [-0.25, -0.2) is 0 Å². The number of rotatable bonds is 2. The highest BCUT2D eigenvalue weighted by molar-refractivity contribution is 5.88. The Hall–Kier alpha value is -0.530. The third-order valence-corrected chi connectivity index (χ3v) is 1.99. The standard InChI is InChI=1S/C7H13NO/c1-3-4-7(2)5-8-6(7)9/h3-5H2,1-2H3,(H,8,9). The molecule has 1 atom stereocenters. The van der Waals surface area contributed by atoms with Crippen LogP contribution in [0.2, 0.25) is 0 Å². The minimum Gasteiger partial charge on any atom is -0.355 e. The summed E-state index contributed by atoms with van der Waals surface area (Å²) < 4.78 is 0. The van der Waals surface area contributed by atoms with Crippen LogP contribution in [0.4, 0.5) is 0 Å². The van der Waals surface area contributed by atoms with Crippen molar-refractivity contribution in [2.75, 3.05) is 6.54 Å². The van der Waals surface area contributed by atoms with Gasteiger partial charge in [0.2, 0.25) is 5.91 Å². The molecule has 0 aromatic heterocycles. The van der Waals surface area contributed by atoms with Crippen molar-refractivity contribution >= 4 is 5.91 Å². The molecule has 0 aromatic rings. The van der Waals surface area contributed by atoms with Crippen LogP contribution in [0.3, 0.4) is 0 Å². The highest BCUT2D eigenvalue weighted by Crippen LogP contribution is 2.28. The molecule has 1 fully saturated rings. The van der Waals surface area contributed by atoms with Crippen LogP contribution in [0, 0.1) is 5.41 Å². The van der Waals surface area contributed by atoms with Crippen molar-refractivity contribution in [3.05, 3.63) is 0 Å². The van der Waals surface area contributed by atoms with Gasteiger partial charge < -0.3 is 5.32 Å². The maximum atomic E-state index is 10.8. The molecule has 1 aliphatic heterocycles. The third-order valence-electron chi connectivity index (χ3n) is 1.99. The fourth-order valence-corrected chi connectivity index (χ4v) is 1.22. The predicted octanol–water partition coefficient (Wildman–Crippen LogP) is 0.923.